The first-order chi connectivity index (χ1) is 12.5. The van der Waals surface area contributed by atoms with Crippen molar-refractivity contribution in [1.29, 1.82) is 0 Å². The molecule has 0 bridgehead atoms. The van der Waals surface area contributed by atoms with E-state index in [-0.39, 0.29) is 6.04 Å². The number of pyridine rings is 1. The zero-order valence-corrected chi connectivity index (χ0v) is 15.4. The lowest BCUT2D eigenvalue weighted by Crippen LogP contribution is -2.12. The molecule has 134 valence electrons. The topological polar surface area (TPSA) is 84.8 Å². The number of rotatable bonds is 6. The van der Waals surface area contributed by atoms with Gasteiger partial charge in [-0.15, -0.1) is 0 Å². The van der Waals surface area contributed by atoms with Gasteiger partial charge in [-0.25, -0.2) is 18.4 Å². The zero-order valence-electron chi connectivity index (χ0n) is 14.6. The van der Waals surface area contributed by atoms with E-state index in [1.807, 2.05) is 43.3 Å². The lowest BCUT2D eigenvalue weighted by molar-refractivity contribution is 0.601. The molecule has 2 aromatic heterocycles. The van der Waals surface area contributed by atoms with Gasteiger partial charge < -0.3 is 5.32 Å². The van der Waals surface area contributed by atoms with E-state index in [1.165, 1.54) is 6.26 Å². The molecular weight excluding hydrogens is 348 g/mol. The van der Waals surface area contributed by atoms with Gasteiger partial charge in [-0.3, -0.25) is 4.98 Å². The molecule has 7 heteroatoms. The van der Waals surface area contributed by atoms with Crippen molar-refractivity contribution >= 4 is 15.8 Å². The maximum absolute atomic E-state index is 11.6. The molecule has 0 aliphatic carbocycles. The average molecular weight is 368 g/mol. The SMILES string of the molecule is CC[C@H](Nc1nccc(-c2ccccn2)n1)c1ccc(S(C)(=O)=O)cc1. The molecule has 0 saturated carbocycles. The molecule has 0 saturated heterocycles. The van der Waals surface area contributed by atoms with Crippen LogP contribution in [0.4, 0.5) is 5.95 Å². The number of sulfone groups is 1. The van der Waals surface area contributed by atoms with E-state index in [0.717, 1.165) is 23.4 Å². The first-order valence-electron chi connectivity index (χ1n) is 8.28. The van der Waals surface area contributed by atoms with Crippen LogP contribution in [0.1, 0.15) is 24.9 Å². The van der Waals surface area contributed by atoms with E-state index < -0.39 is 9.84 Å². The summed E-state index contributed by atoms with van der Waals surface area (Å²) in [6.07, 6.45) is 5.42. The third kappa shape index (κ3) is 4.23. The third-order valence-electron chi connectivity index (χ3n) is 4.01. The standard InChI is InChI=1S/C19H20N4O2S/c1-3-16(14-7-9-15(10-8-14)26(2,24)25)22-19-21-13-11-18(23-19)17-6-4-5-12-20-17/h4-13,16H,3H2,1-2H3,(H,21,22,23)/t16-/m0/s1. The van der Waals surface area contributed by atoms with Crippen LogP contribution in [0.2, 0.25) is 0 Å². The Labute approximate surface area is 153 Å². The molecular formula is C19H20N4O2S. The van der Waals surface area contributed by atoms with Crippen molar-refractivity contribution in [2.75, 3.05) is 11.6 Å². The van der Waals surface area contributed by atoms with E-state index in [1.54, 1.807) is 24.5 Å². The van der Waals surface area contributed by atoms with Crippen molar-refractivity contribution in [3.8, 4) is 11.4 Å². The summed E-state index contributed by atoms with van der Waals surface area (Å²) in [6.45, 7) is 2.05. The summed E-state index contributed by atoms with van der Waals surface area (Å²) in [7, 11) is -3.20. The van der Waals surface area contributed by atoms with Crippen LogP contribution in [0.3, 0.4) is 0 Å². The lowest BCUT2D eigenvalue weighted by Gasteiger charge is -2.18. The monoisotopic (exact) mass is 368 g/mol. The zero-order chi connectivity index (χ0) is 18.6. The minimum atomic E-state index is -3.20. The smallest absolute Gasteiger partial charge is 0.223 e. The van der Waals surface area contributed by atoms with Crippen molar-refractivity contribution in [2.24, 2.45) is 0 Å². The largest absolute Gasteiger partial charge is 0.347 e. The molecule has 0 unspecified atom stereocenters. The van der Waals surface area contributed by atoms with Crippen LogP contribution in [-0.4, -0.2) is 29.6 Å². The number of nitrogens with zero attached hydrogens (tertiary/aromatic N) is 3. The van der Waals surface area contributed by atoms with Gasteiger partial charge in [0.2, 0.25) is 5.95 Å². The van der Waals surface area contributed by atoms with Crippen molar-refractivity contribution in [1.82, 2.24) is 15.0 Å². The van der Waals surface area contributed by atoms with E-state index >= 15 is 0 Å². The summed E-state index contributed by atoms with van der Waals surface area (Å²) in [5.74, 6) is 0.507. The summed E-state index contributed by atoms with van der Waals surface area (Å²) >= 11 is 0. The fourth-order valence-electron chi connectivity index (χ4n) is 2.61. The van der Waals surface area contributed by atoms with Crippen LogP contribution < -0.4 is 5.32 Å². The van der Waals surface area contributed by atoms with E-state index in [2.05, 4.69) is 20.3 Å². The van der Waals surface area contributed by atoms with E-state index in [9.17, 15) is 8.42 Å². The Morgan fingerprint density at radius 2 is 1.73 bits per heavy atom. The highest BCUT2D eigenvalue weighted by Gasteiger charge is 2.13. The molecule has 3 aromatic rings. The minimum Gasteiger partial charge on any atom is -0.347 e. The normalized spacial score (nSPS) is 12.5. The molecule has 0 aliphatic rings. The van der Waals surface area contributed by atoms with Gasteiger partial charge in [-0.2, -0.15) is 0 Å². The fourth-order valence-corrected chi connectivity index (χ4v) is 3.24. The molecule has 0 fully saturated rings. The van der Waals surface area contributed by atoms with E-state index in [0.29, 0.717) is 10.8 Å². The summed E-state index contributed by atoms with van der Waals surface area (Å²) in [4.78, 5) is 13.4. The number of nitrogens with one attached hydrogen (secondary N) is 1. The summed E-state index contributed by atoms with van der Waals surface area (Å²) in [5, 5.41) is 3.31. The number of hydrogen-bond donors (Lipinski definition) is 1. The number of benzene rings is 1. The average Bonchev–Trinajstić information content (AvgIpc) is 2.66. The second kappa shape index (κ2) is 7.61. The Hall–Kier alpha value is -2.80. The molecule has 6 nitrogen and oxygen atoms in total. The van der Waals surface area contributed by atoms with Gasteiger partial charge in [0.15, 0.2) is 9.84 Å². The van der Waals surface area contributed by atoms with Gasteiger partial charge in [0.1, 0.15) is 0 Å². The Morgan fingerprint density at radius 3 is 2.35 bits per heavy atom. The summed E-state index contributed by atoms with van der Waals surface area (Å²) in [5.41, 5.74) is 2.50. The quantitative estimate of drug-likeness (QED) is 0.717. The Morgan fingerprint density at radius 1 is 0.962 bits per heavy atom. The second-order valence-corrected chi connectivity index (χ2v) is 7.94. The van der Waals surface area contributed by atoms with Crippen LogP contribution in [-0.2, 0) is 9.84 Å². The van der Waals surface area contributed by atoms with Gasteiger partial charge in [-0.05, 0) is 42.3 Å². The second-order valence-electron chi connectivity index (χ2n) is 5.93. The van der Waals surface area contributed by atoms with Gasteiger partial charge in [0.05, 0.1) is 22.3 Å². The predicted octanol–water partition coefficient (Wildman–Crippen LogP) is 3.51. The maximum atomic E-state index is 11.6. The van der Waals surface area contributed by atoms with Crippen LogP contribution >= 0.6 is 0 Å². The minimum absolute atomic E-state index is 0.0254. The Balaban J connectivity index is 1.82. The van der Waals surface area contributed by atoms with Gasteiger partial charge >= 0.3 is 0 Å². The first kappa shape index (κ1) is 18.0. The molecule has 0 radical (unpaired) electrons. The first-order valence-corrected chi connectivity index (χ1v) is 10.2. The molecule has 26 heavy (non-hydrogen) atoms. The van der Waals surface area contributed by atoms with Gasteiger partial charge in [-0.1, -0.05) is 25.1 Å². The summed E-state index contributed by atoms with van der Waals surface area (Å²) in [6, 6.07) is 14.3. The highest BCUT2D eigenvalue weighted by atomic mass is 32.2. The van der Waals surface area contributed by atoms with Crippen LogP contribution in [0.25, 0.3) is 11.4 Å². The van der Waals surface area contributed by atoms with Crippen LogP contribution in [0, 0.1) is 0 Å². The Kier molecular flexibility index (Phi) is 5.27. The molecule has 2 heterocycles. The van der Waals surface area contributed by atoms with E-state index in [4.69, 9.17) is 0 Å². The molecule has 3 rings (SSSR count). The molecule has 0 spiro atoms. The van der Waals surface area contributed by atoms with Crippen LogP contribution in [0.15, 0.2) is 65.8 Å². The Bertz CT molecular complexity index is 974. The van der Waals surface area contributed by atoms with Crippen molar-refractivity contribution in [2.45, 2.75) is 24.3 Å². The number of anilines is 1. The van der Waals surface area contributed by atoms with Crippen molar-refractivity contribution < 1.29 is 8.42 Å². The van der Waals surface area contributed by atoms with Crippen LogP contribution in [0.5, 0.6) is 0 Å². The maximum Gasteiger partial charge on any atom is 0.223 e. The third-order valence-corrected chi connectivity index (χ3v) is 5.13. The number of hydrogen-bond acceptors (Lipinski definition) is 6. The highest BCUT2D eigenvalue weighted by molar-refractivity contribution is 7.90. The molecule has 1 atom stereocenters. The lowest BCUT2D eigenvalue weighted by atomic mass is 10.1. The molecule has 1 aromatic carbocycles. The fraction of sp³-hybridized carbons (Fsp3) is 0.211. The van der Waals surface area contributed by atoms with Gasteiger partial charge in [0, 0.05) is 18.6 Å². The molecule has 1 N–H and O–H groups in total. The molecule has 0 amide bonds. The predicted molar refractivity (Wildman–Crippen MR) is 101 cm³/mol. The highest BCUT2D eigenvalue weighted by Crippen LogP contribution is 2.23. The molecule has 0 aliphatic heterocycles. The van der Waals surface area contributed by atoms with Crippen molar-refractivity contribution in [3.63, 3.8) is 0 Å². The van der Waals surface area contributed by atoms with Gasteiger partial charge in [0.25, 0.3) is 0 Å². The number of aromatic nitrogens is 3. The summed E-state index contributed by atoms with van der Waals surface area (Å²) < 4.78 is 23.2. The van der Waals surface area contributed by atoms with Crippen molar-refractivity contribution in [3.05, 3.63) is 66.5 Å².